The number of benzene rings is 1. The van der Waals surface area contributed by atoms with Crippen molar-refractivity contribution in [2.24, 2.45) is 0 Å². The summed E-state index contributed by atoms with van der Waals surface area (Å²) in [4.78, 5) is 0. The van der Waals surface area contributed by atoms with E-state index in [-0.39, 0.29) is 11.5 Å². The fraction of sp³-hybridized carbons (Fsp3) is 0.529. The number of hydrogen-bond donors (Lipinski definition) is 1. The first kappa shape index (κ1) is 14.1. The zero-order valence-corrected chi connectivity index (χ0v) is 12.3. The van der Waals surface area contributed by atoms with Gasteiger partial charge in [0.15, 0.2) is 0 Å². The van der Waals surface area contributed by atoms with Crippen LogP contribution in [0.3, 0.4) is 0 Å². The van der Waals surface area contributed by atoms with Crippen LogP contribution in [0.2, 0.25) is 0 Å². The molecule has 104 valence electrons. The largest absolute Gasteiger partial charge is 0.497 e. The quantitative estimate of drug-likeness (QED) is 0.871. The third-order valence-corrected chi connectivity index (χ3v) is 3.89. The average Bonchev–Trinajstić information content (AvgIpc) is 2.46. The van der Waals surface area contributed by atoms with Gasteiger partial charge in [-0.3, -0.25) is 0 Å². The summed E-state index contributed by atoms with van der Waals surface area (Å²) in [6, 6.07) is 10.9. The molecule has 2 nitrogen and oxygen atoms in total. The number of ether oxygens (including phenoxy) is 1. The minimum Gasteiger partial charge on any atom is -0.497 e. The third-order valence-electron chi connectivity index (χ3n) is 3.89. The Balaban J connectivity index is 2.29. The van der Waals surface area contributed by atoms with Crippen LogP contribution in [0.5, 0.6) is 0 Å². The predicted octanol–water partition coefficient (Wildman–Crippen LogP) is 3.64. The van der Waals surface area contributed by atoms with Gasteiger partial charge in [-0.15, -0.1) is 0 Å². The van der Waals surface area contributed by atoms with Crippen molar-refractivity contribution in [3.8, 4) is 0 Å². The molecule has 19 heavy (non-hydrogen) atoms. The molecule has 0 saturated heterocycles. The highest BCUT2D eigenvalue weighted by Crippen LogP contribution is 2.32. The molecule has 1 atom stereocenters. The van der Waals surface area contributed by atoms with E-state index in [1.54, 1.807) is 0 Å². The monoisotopic (exact) mass is 259 g/mol. The molecule has 0 spiro atoms. The van der Waals surface area contributed by atoms with Crippen LogP contribution in [-0.2, 0) is 10.2 Å². The third kappa shape index (κ3) is 3.19. The molecule has 0 bridgehead atoms. The van der Waals surface area contributed by atoms with Gasteiger partial charge >= 0.3 is 0 Å². The topological polar surface area (TPSA) is 21.3 Å². The fourth-order valence-electron chi connectivity index (χ4n) is 2.73. The molecule has 0 amide bonds. The number of allylic oxidation sites excluding steroid dienone is 1. The molecular weight excluding hydrogens is 234 g/mol. The van der Waals surface area contributed by atoms with Crippen LogP contribution in [-0.4, -0.2) is 19.2 Å². The van der Waals surface area contributed by atoms with Gasteiger partial charge in [0, 0.05) is 5.41 Å². The normalized spacial score (nSPS) is 17.5. The van der Waals surface area contributed by atoms with Crippen molar-refractivity contribution in [3.05, 3.63) is 47.7 Å². The highest BCUT2D eigenvalue weighted by molar-refractivity contribution is 5.30. The highest BCUT2D eigenvalue weighted by Gasteiger charge is 2.34. The Morgan fingerprint density at radius 2 is 2.00 bits per heavy atom. The first-order valence-corrected chi connectivity index (χ1v) is 7.28. The lowest BCUT2D eigenvalue weighted by molar-refractivity contribution is 0.148. The summed E-state index contributed by atoms with van der Waals surface area (Å²) >= 11 is 0. The Hall–Kier alpha value is -1.28. The van der Waals surface area contributed by atoms with Gasteiger partial charge in [-0.25, -0.2) is 0 Å². The lowest BCUT2D eigenvalue weighted by Crippen LogP contribution is -2.47. The summed E-state index contributed by atoms with van der Waals surface area (Å²) in [6.45, 7) is 8.51. The second-order valence-corrected chi connectivity index (χ2v) is 5.68. The summed E-state index contributed by atoms with van der Waals surface area (Å²) in [7, 11) is 0. The first-order chi connectivity index (χ1) is 9.16. The maximum Gasteiger partial charge on any atom is 0.110 e. The molecule has 0 radical (unpaired) electrons. The lowest BCUT2D eigenvalue weighted by atomic mass is 9.76. The summed E-state index contributed by atoms with van der Waals surface area (Å²) in [5, 5.41) is 3.60. The van der Waals surface area contributed by atoms with E-state index in [4.69, 9.17) is 4.74 Å². The SMILES string of the molecule is CCNC(C1=CCCCO1)C(C)(C)c1ccccc1. The van der Waals surface area contributed by atoms with Crippen molar-refractivity contribution >= 4 is 0 Å². The average molecular weight is 259 g/mol. The maximum absolute atomic E-state index is 5.90. The summed E-state index contributed by atoms with van der Waals surface area (Å²) in [6.07, 6.45) is 4.51. The molecule has 1 aliphatic rings. The van der Waals surface area contributed by atoms with E-state index < -0.39 is 0 Å². The molecule has 1 unspecified atom stereocenters. The van der Waals surface area contributed by atoms with Crippen molar-refractivity contribution in [2.45, 2.75) is 45.1 Å². The number of likely N-dealkylation sites (N-methyl/N-ethyl adjacent to an activating group) is 1. The van der Waals surface area contributed by atoms with Crippen molar-refractivity contribution in [2.75, 3.05) is 13.2 Å². The summed E-state index contributed by atoms with van der Waals surface area (Å²) < 4.78 is 5.90. The van der Waals surface area contributed by atoms with Crippen LogP contribution in [0, 0.1) is 0 Å². The zero-order chi connectivity index (χ0) is 13.7. The molecule has 2 heteroatoms. The van der Waals surface area contributed by atoms with Crippen LogP contribution in [0.4, 0.5) is 0 Å². The van der Waals surface area contributed by atoms with E-state index in [1.165, 1.54) is 5.56 Å². The molecule has 0 aromatic heterocycles. The Labute approximate surface area is 116 Å². The van der Waals surface area contributed by atoms with E-state index >= 15 is 0 Å². The van der Waals surface area contributed by atoms with Gasteiger partial charge in [-0.2, -0.15) is 0 Å². The summed E-state index contributed by atoms with van der Waals surface area (Å²) in [5.74, 6) is 1.11. The molecule has 0 saturated carbocycles. The fourth-order valence-corrected chi connectivity index (χ4v) is 2.73. The number of hydrogen-bond acceptors (Lipinski definition) is 2. The van der Waals surface area contributed by atoms with Crippen LogP contribution >= 0.6 is 0 Å². The zero-order valence-electron chi connectivity index (χ0n) is 12.3. The van der Waals surface area contributed by atoms with Crippen LogP contribution < -0.4 is 5.32 Å². The van der Waals surface area contributed by atoms with Crippen molar-refractivity contribution in [1.29, 1.82) is 0 Å². The Kier molecular flexibility index (Phi) is 4.65. The van der Waals surface area contributed by atoms with Gasteiger partial charge in [0.2, 0.25) is 0 Å². The first-order valence-electron chi connectivity index (χ1n) is 7.28. The molecule has 1 aromatic carbocycles. The van der Waals surface area contributed by atoms with E-state index in [0.717, 1.165) is 31.8 Å². The molecular formula is C17H25NO. The van der Waals surface area contributed by atoms with E-state index in [1.807, 2.05) is 0 Å². The van der Waals surface area contributed by atoms with Crippen molar-refractivity contribution in [3.63, 3.8) is 0 Å². The molecule has 0 fully saturated rings. The van der Waals surface area contributed by atoms with E-state index in [2.05, 4.69) is 62.5 Å². The Bertz CT molecular complexity index is 422. The minimum atomic E-state index is 0.0143. The molecule has 1 N–H and O–H groups in total. The van der Waals surface area contributed by atoms with Gasteiger partial charge in [0.05, 0.1) is 12.6 Å². The smallest absolute Gasteiger partial charge is 0.110 e. The van der Waals surface area contributed by atoms with E-state index in [9.17, 15) is 0 Å². The lowest BCUT2D eigenvalue weighted by Gasteiger charge is -2.37. The van der Waals surface area contributed by atoms with Gasteiger partial charge in [-0.05, 0) is 31.0 Å². The maximum atomic E-state index is 5.90. The molecule has 2 rings (SSSR count). The molecule has 0 aliphatic carbocycles. The van der Waals surface area contributed by atoms with Crippen LogP contribution in [0.15, 0.2) is 42.2 Å². The van der Waals surface area contributed by atoms with E-state index in [0.29, 0.717) is 0 Å². The number of nitrogens with one attached hydrogen (secondary N) is 1. The predicted molar refractivity (Wildman–Crippen MR) is 80.2 cm³/mol. The second-order valence-electron chi connectivity index (χ2n) is 5.68. The standard InChI is InChI=1S/C17H25NO/c1-4-18-16(15-12-8-9-13-19-15)17(2,3)14-10-6-5-7-11-14/h5-7,10-12,16,18H,4,8-9,13H2,1-3H3. The second kappa shape index (κ2) is 6.25. The molecule has 1 aromatic rings. The van der Waals surface area contributed by atoms with Gasteiger partial charge in [0.25, 0.3) is 0 Å². The van der Waals surface area contributed by atoms with Gasteiger partial charge < -0.3 is 10.1 Å². The van der Waals surface area contributed by atoms with Crippen molar-refractivity contribution in [1.82, 2.24) is 5.32 Å². The van der Waals surface area contributed by atoms with Gasteiger partial charge in [-0.1, -0.05) is 51.1 Å². The van der Waals surface area contributed by atoms with Gasteiger partial charge in [0.1, 0.15) is 5.76 Å². The minimum absolute atomic E-state index is 0.0143. The van der Waals surface area contributed by atoms with Crippen LogP contribution in [0.1, 0.15) is 39.2 Å². The molecule has 1 heterocycles. The summed E-state index contributed by atoms with van der Waals surface area (Å²) in [5.41, 5.74) is 1.36. The van der Waals surface area contributed by atoms with Crippen molar-refractivity contribution < 1.29 is 4.74 Å². The number of rotatable bonds is 5. The molecule has 1 aliphatic heterocycles. The Morgan fingerprint density at radius 1 is 1.26 bits per heavy atom. The van der Waals surface area contributed by atoms with Crippen LogP contribution in [0.25, 0.3) is 0 Å². The Morgan fingerprint density at radius 3 is 2.58 bits per heavy atom. The highest BCUT2D eigenvalue weighted by atomic mass is 16.5.